The summed E-state index contributed by atoms with van der Waals surface area (Å²) in [5.41, 5.74) is 5.12. The number of nitrogens with two attached hydrogens (primary N) is 1. The van der Waals surface area contributed by atoms with Crippen molar-refractivity contribution < 1.29 is 4.79 Å². The summed E-state index contributed by atoms with van der Waals surface area (Å²) >= 11 is 0. The van der Waals surface area contributed by atoms with Gasteiger partial charge in [0.15, 0.2) is 0 Å². The van der Waals surface area contributed by atoms with Crippen LogP contribution in [-0.2, 0) is 7.05 Å². The van der Waals surface area contributed by atoms with Gasteiger partial charge in [0.25, 0.3) is 5.91 Å². The number of fused-ring (bicyclic) bond motifs is 1. The highest BCUT2D eigenvalue weighted by atomic mass is 16.2. The summed E-state index contributed by atoms with van der Waals surface area (Å²) in [6, 6.07) is 5.63. The van der Waals surface area contributed by atoms with Crippen LogP contribution in [0.1, 0.15) is 35.7 Å². The Labute approximate surface area is 100 Å². The molecule has 90 valence electrons. The van der Waals surface area contributed by atoms with Crippen molar-refractivity contribution in [2.45, 2.75) is 19.8 Å². The molecule has 0 unspecified atom stereocenters. The molecule has 0 aliphatic heterocycles. The Balaban J connectivity index is 2.66. The van der Waals surface area contributed by atoms with Crippen LogP contribution in [0.15, 0.2) is 24.4 Å². The monoisotopic (exact) mass is 231 g/mol. The summed E-state index contributed by atoms with van der Waals surface area (Å²) in [7, 11) is 2.01. The molecular weight excluding hydrogens is 214 g/mol. The predicted molar refractivity (Wildman–Crippen MR) is 68.7 cm³/mol. The van der Waals surface area contributed by atoms with E-state index in [1.54, 1.807) is 6.07 Å². The number of amides is 1. The van der Waals surface area contributed by atoms with E-state index in [1.165, 1.54) is 5.56 Å². The van der Waals surface area contributed by atoms with Crippen LogP contribution in [0.25, 0.3) is 10.9 Å². The zero-order valence-electron chi connectivity index (χ0n) is 10.3. The largest absolute Gasteiger partial charge is 0.350 e. The molecule has 4 nitrogen and oxygen atoms in total. The third-order valence-corrected chi connectivity index (χ3v) is 3.04. The summed E-state index contributed by atoms with van der Waals surface area (Å²) in [6.07, 6.45) is 2.11. The van der Waals surface area contributed by atoms with E-state index in [-0.39, 0.29) is 5.91 Å². The van der Waals surface area contributed by atoms with Crippen LogP contribution >= 0.6 is 0 Å². The van der Waals surface area contributed by atoms with Crippen LogP contribution in [0.2, 0.25) is 0 Å². The van der Waals surface area contributed by atoms with Gasteiger partial charge in [0.05, 0.1) is 0 Å². The molecular formula is C13H17N3O. The van der Waals surface area contributed by atoms with Gasteiger partial charge in [0.1, 0.15) is 0 Å². The number of nitrogens with zero attached hydrogens (tertiary/aromatic N) is 1. The summed E-state index contributed by atoms with van der Waals surface area (Å²) in [4.78, 5) is 11.5. The van der Waals surface area contributed by atoms with E-state index < -0.39 is 0 Å². The standard InChI is InChI=1S/C13H17N3O/c1-8(2)11-7-16(3)12-5-4-9(6-10(11)12)13(17)15-14/h4-8H,14H2,1-3H3,(H,15,17). The molecule has 0 spiro atoms. The topological polar surface area (TPSA) is 60.0 Å². The molecule has 0 aliphatic carbocycles. The number of rotatable bonds is 2. The van der Waals surface area contributed by atoms with Crippen LogP contribution in [-0.4, -0.2) is 10.5 Å². The minimum absolute atomic E-state index is 0.259. The fourth-order valence-electron chi connectivity index (χ4n) is 2.11. The molecule has 17 heavy (non-hydrogen) atoms. The second-order valence-electron chi connectivity index (χ2n) is 4.56. The first-order valence-electron chi connectivity index (χ1n) is 5.64. The number of carbonyl (C=O) groups excluding carboxylic acids is 1. The molecule has 0 saturated heterocycles. The summed E-state index contributed by atoms with van der Waals surface area (Å²) < 4.78 is 2.08. The Morgan fingerprint density at radius 1 is 1.41 bits per heavy atom. The lowest BCUT2D eigenvalue weighted by Crippen LogP contribution is -2.29. The van der Waals surface area contributed by atoms with Crippen LogP contribution < -0.4 is 11.3 Å². The van der Waals surface area contributed by atoms with E-state index in [9.17, 15) is 4.79 Å². The van der Waals surface area contributed by atoms with Gasteiger partial charge in [0.2, 0.25) is 0 Å². The molecule has 1 heterocycles. The smallest absolute Gasteiger partial charge is 0.265 e. The zero-order chi connectivity index (χ0) is 12.6. The molecule has 2 aromatic rings. The molecule has 0 fully saturated rings. The van der Waals surface area contributed by atoms with Crippen molar-refractivity contribution in [3.05, 3.63) is 35.5 Å². The third kappa shape index (κ3) is 1.91. The van der Waals surface area contributed by atoms with Gasteiger partial charge in [-0.05, 0) is 29.7 Å². The average Bonchev–Trinajstić information content (AvgIpc) is 2.65. The molecule has 0 aliphatic rings. The second kappa shape index (κ2) is 4.22. The van der Waals surface area contributed by atoms with Crippen molar-refractivity contribution in [1.29, 1.82) is 0 Å². The van der Waals surface area contributed by atoms with Crippen molar-refractivity contribution >= 4 is 16.8 Å². The second-order valence-corrected chi connectivity index (χ2v) is 4.56. The fourth-order valence-corrected chi connectivity index (χ4v) is 2.11. The van der Waals surface area contributed by atoms with E-state index in [0.717, 1.165) is 10.9 Å². The predicted octanol–water partition coefficient (Wildman–Crippen LogP) is 1.91. The van der Waals surface area contributed by atoms with E-state index in [1.807, 2.05) is 19.2 Å². The van der Waals surface area contributed by atoms with Gasteiger partial charge < -0.3 is 4.57 Å². The minimum atomic E-state index is -0.259. The number of benzene rings is 1. The zero-order valence-corrected chi connectivity index (χ0v) is 10.3. The van der Waals surface area contributed by atoms with Gasteiger partial charge in [-0.1, -0.05) is 13.8 Å². The summed E-state index contributed by atoms with van der Waals surface area (Å²) in [5, 5.41) is 1.11. The Morgan fingerprint density at radius 3 is 2.71 bits per heavy atom. The molecule has 1 aromatic heterocycles. The van der Waals surface area contributed by atoms with Gasteiger partial charge in [-0.2, -0.15) is 0 Å². The Hall–Kier alpha value is -1.81. The number of hydrogen-bond donors (Lipinski definition) is 2. The van der Waals surface area contributed by atoms with Gasteiger partial charge in [-0.15, -0.1) is 0 Å². The quantitative estimate of drug-likeness (QED) is 0.471. The molecule has 1 amide bonds. The fraction of sp³-hybridized carbons (Fsp3) is 0.308. The van der Waals surface area contributed by atoms with Gasteiger partial charge in [-0.25, -0.2) is 5.84 Å². The first kappa shape index (κ1) is 11.7. The molecule has 0 bridgehead atoms. The lowest BCUT2D eigenvalue weighted by Gasteiger charge is -2.04. The number of nitrogen functional groups attached to an aromatic ring is 1. The van der Waals surface area contributed by atoms with Crippen molar-refractivity contribution in [2.24, 2.45) is 12.9 Å². The van der Waals surface area contributed by atoms with Crippen molar-refractivity contribution in [3.8, 4) is 0 Å². The molecule has 2 rings (SSSR count). The van der Waals surface area contributed by atoms with Gasteiger partial charge >= 0.3 is 0 Å². The SMILES string of the molecule is CC(C)c1cn(C)c2ccc(C(=O)NN)cc12. The van der Waals surface area contributed by atoms with Gasteiger partial charge in [-0.3, -0.25) is 10.2 Å². The average molecular weight is 231 g/mol. The number of nitrogens with one attached hydrogen (secondary N) is 1. The van der Waals surface area contributed by atoms with Crippen LogP contribution in [0, 0.1) is 0 Å². The number of hydrazine groups is 1. The molecule has 4 heteroatoms. The summed E-state index contributed by atoms with van der Waals surface area (Å²) in [5.74, 6) is 5.31. The number of carbonyl (C=O) groups is 1. The molecule has 3 N–H and O–H groups in total. The normalized spacial score (nSPS) is 11.1. The number of aromatic nitrogens is 1. The minimum Gasteiger partial charge on any atom is -0.350 e. The van der Waals surface area contributed by atoms with E-state index in [4.69, 9.17) is 5.84 Å². The highest BCUT2D eigenvalue weighted by Gasteiger charge is 2.12. The molecule has 0 saturated carbocycles. The van der Waals surface area contributed by atoms with Gasteiger partial charge in [0, 0.05) is 29.7 Å². The first-order chi connectivity index (χ1) is 8.04. The summed E-state index contributed by atoms with van der Waals surface area (Å²) in [6.45, 7) is 4.29. The third-order valence-electron chi connectivity index (χ3n) is 3.04. The highest BCUT2D eigenvalue weighted by Crippen LogP contribution is 2.27. The number of hydrogen-bond acceptors (Lipinski definition) is 2. The van der Waals surface area contributed by atoms with E-state index >= 15 is 0 Å². The maximum absolute atomic E-state index is 11.5. The van der Waals surface area contributed by atoms with Crippen molar-refractivity contribution in [2.75, 3.05) is 0 Å². The maximum atomic E-state index is 11.5. The highest BCUT2D eigenvalue weighted by molar-refractivity contribution is 5.98. The lowest BCUT2D eigenvalue weighted by molar-refractivity contribution is 0.0954. The number of aryl methyl sites for hydroxylation is 1. The Kier molecular flexibility index (Phi) is 2.90. The maximum Gasteiger partial charge on any atom is 0.265 e. The van der Waals surface area contributed by atoms with E-state index in [0.29, 0.717) is 11.5 Å². The van der Waals surface area contributed by atoms with Crippen molar-refractivity contribution in [1.82, 2.24) is 9.99 Å². The Morgan fingerprint density at radius 2 is 2.12 bits per heavy atom. The van der Waals surface area contributed by atoms with E-state index in [2.05, 4.69) is 30.0 Å². The van der Waals surface area contributed by atoms with Crippen LogP contribution in [0.5, 0.6) is 0 Å². The lowest BCUT2D eigenvalue weighted by atomic mass is 10.0. The Bertz CT molecular complexity index is 569. The van der Waals surface area contributed by atoms with Crippen LogP contribution in [0.4, 0.5) is 0 Å². The molecule has 0 radical (unpaired) electrons. The molecule has 1 aromatic carbocycles. The first-order valence-corrected chi connectivity index (χ1v) is 5.64. The van der Waals surface area contributed by atoms with Crippen molar-refractivity contribution in [3.63, 3.8) is 0 Å². The van der Waals surface area contributed by atoms with Crippen LogP contribution in [0.3, 0.4) is 0 Å². The molecule has 0 atom stereocenters.